The first-order chi connectivity index (χ1) is 18.0. The van der Waals surface area contributed by atoms with E-state index >= 15 is 0 Å². The number of ether oxygens (including phenoxy) is 2. The van der Waals surface area contributed by atoms with Crippen molar-refractivity contribution >= 4 is 28.2 Å². The van der Waals surface area contributed by atoms with Crippen molar-refractivity contribution in [1.82, 2.24) is 9.55 Å². The fourth-order valence-electron chi connectivity index (χ4n) is 5.31. The third-order valence-corrected chi connectivity index (χ3v) is 7.01. The first kappa shape index (κ1) is 24.8. The van der Waals surface area contributed by atoms with E-state index in [0.29, 0.717) is 26.6 Å². The second-order valence-corrected chi connectivity index (χ2v) is 9.61. The molecule has 1 aliphatic heterocycles. The largest absolute Gasteiger partial charge is 0.466 e. The molecule has 0 saturated heterocycles. The number of esters is 1. The fraction of sp³-hybridized carbons (Fsp3) is 0.333. The van der Waals surface area contributed by atoms with Crippen molar-refractivity contribution in [3.8, 4) is 0 Å². The number of hydrogen-bond acceptors (Lipinski definition) is 6. The maximum atomic E-state index is 12.7. The van der Waals surface area contributed by atoms with E-state index in [2.05, 4.69) is 75.9 Å². The van der Waals surface area contributed by atoms with Gasteiger partial charge < -0.3 is 23.8 Å². The SMILES string of the molecule is CCOC(=O)C[C@H](c1ccccc1)N1COCN(Cc2cn(C)c3cccc(C)c23)c2cnc(C)cc21. The van der Waals surface area contributed by atoms with Gasteiger partial charge in [0.1, 0.15) is 13.5 Å². The zero-order valence-corrected chi connectivity index (χ0v) is 22.0. The summed E-state index contributed by atoms with van der Waals surface area (Å²) in [6, 6.07) is 18.4. The Labute approximate surface area is 218 Å². The molecule has 7 heteroatoms. The van der Waals surface area contributed by atoms with Crippen molar-refractivity contribution in [2.24, 2.45) is 7.05 Å². The molecule has 2 aromatic heterocycles. The van der Waals surface area contributed by atoms with Crippen LogP contribution in [0.3, 0.4) is 0 Å². The molecule has 1 atom stereocenters. The van der Waals surface area contributed by atoms with Crippen LogP contribution in [0.5, 0.6) is 0 Å². The van der Waals surface area contributed by atoms with Gasteiger partial charge in [-0.2, -0.15) is 0 Å². The lowest BCUT2D eigenvalue weighted by Crippen LogP contribution is -2.32. The highest BCUT2D eigenvalue weighted by Crippen LogP contribution is 2.39. The van der Waals surface area contributed by atoms with Crippen LogP contribution in [0.25, 0.3) is 10.9 Å². The number of aryl methyl sites for hydroxylation is 3. The van der Waals surface area contributed by atoms with Crippen LogP contribution in [-0.2, 0) is 27.9 Å². The molecule has 0 saturated carbocycles. The third-order valence-electron chi connectivity index (χ3n) is 7.01. The summed E-state index contributed by atoms with van der Waals surface area (Å²) in [6.45, 7) is 7.78. The van der Waals surface area contributed by atoms with Gasteiger partial charge in [-0.25, -0.2) is 0 Å². The zero-order valence-electron chi connectivity index (χ0n) is 22.0. The Balaban J connectivity index is 1.56. The minimum atomic E-state index is -0.236. The molecule has 0 fully saturated rings. The van der Waals surface area contributed by atoms with Crippen LogP contribution in [0.2, 0.25) is 0 Å². The van der Waals surface area contributed by atoms with Crippen molar-refractivity contribution in [3.05, 3.63) is 89.4 Å². The predicted molar refractivity (Wildman–Crippen MR) is 147 cm³/mol. The molecule has 7 nitrogen and oxygen atoms in total. The molecule has 2 aromatic carbocycles. The van der Waals surface area contributed by atoms with Gasteiger partial charge in [-0.3, -0.25) is 9.78 Å². The average molecular weight is 499 g/mol. The molecule has 0 spiro atoms. The molecule has 0 aliphatic carbocycles. The van der Waals surface area contributed by atoms with Crippen molar-refractivity contribution in [3.63, 3.8) is 0 Å². The summed E-state index contributed by atoms with van der Waals surface area (Å²) in [5, 5.41) is 1.28. The van der Waals surface area contributed by atoms with Gasteiger partial charge in [0.05, 0.1) is 36.6 Å². The second-order valence-electron chi connectivity index (χ2n) is 9.61. The third kappa shape index (κ3) is 5.04. The Hall–Kier alpha value is -3.84. The van der Waals surface area contributed by atoms with Gasteiger partial charge in [-0.15, -0.1) is 0 Å². The van der Waals surface area contributed by atoms with E-state index in [-0.39, 0.29) is 18.4 Å². The highest BCUT2D eigenvalue weighted by molar-refractivity contribution is 5.87. The van der Waals surface area contributed by atoms with Gasteiger partial charge in [0.15, 0.2) is 0 Å². The average Bonchev–Trinajstić information content (AvgIpc) is 3.11. The number of pyridine rings is 1. The van der Waals surface area contributed by atoms with Gasteiger partial charge in [0.2, 0.25) is 0 Å². The lowest BCUT2D eigenvalue weighted by molar-refractivity contribution is -0.143. The number of hydrogen-bond donors (Lipinski definition) is 0. The summed E-state index contributed by atoms with van der Waals surface area (Å²) in [7, 11) is 2.09. The highest BCUT2D eigenvalue weighted by Gasteiger charge is 2.30. The smallest absolute Gasteiger partial charge is 0.308 e. The van der Waals surface area contributed by atoms with Crippen molar-refractivity contribution in [2.75, 3.05) is 29.9 Å². The monoisotopic (exact) mass is 498 g/mol. The summed E-state index contributed by atoms with van der Waals surface area (Å²) in [5.41, 5.74) is 7.65. The number of nitrogens with zero attached hydrogens (tertiary/aromatic N) is 4. The number of benzene rings is 2. The number of fused-ring (bicyclic) bond motifs is 2. The van der Waals surface area contributed by atoms with E-state index in [1.165, 1.54) is 22.0 Å². The number of anilines is 2. The second kappa shape index (κ2) is 10.6. The first-order valence-electron chi connectivity index (χ1n) is 12.8. The Morgan fingerprint density at radius 2 is 1.89 bits per heavy atom. The Morgan fingerprint density at radius 3 is 2.68 bits per heavy atom. The van der Waals surface area contributed by atoms with Crippen LogP contribution in [0, 0.1) is 13.8 Å². The Kier molecular flexibility index (Phi) is 7.15. The number of carbonyl (C=O) groups excluding carboxylic acids is 1. The van der Waals surface area contributed by atoms with Crippen LogP contribution in [-0.4, -0.2) is 35.6 Å². The maximum absolute atomic E-state index is 12.7. The van der Waals surface area contributed by atoms with Gasteiger partial charge in [-0.05, 0) is 49.6 Å². The van der Waals surface area contributed by atoms with Crippen LogP contribution in [0.15, 0.2) is 67.0 Å². The Bertz CT molecular complexity index is 1400. The molecule has 3 heterocycles. The van der Waals surface area contributed by atoms with E-state index in [1.807, 2.05) is 38.2 Å². The Morgan fingerprint density at radius 1 is 1.08 bits per heavy atom. The zero-order chi connectivity index (χ0) is 25.9. The summed E-state index contributed by atoms with van der Waals surface area (Å²) < 4.78 is 13.8. The molecule has 192 valence electrons. The number of rotatable bonds is 7. The summed E-state index contributed by atoms with van der Waals surface area (Å²) in [4.78, 5) is 21.7. The van der Waals surface area contributed by atoms with Gasteiger partial charge in [-0.1, -0.05) is 42.5 Å². The van der Waals surface area contributed by atoms with Crippen LogP contribution >= 0.6 is 0 Å². The highest BCUT2D eigenvalue weighted by atomic mass is 16.5. The molecule has 0 unspecified atom stereocenters. The van der Waals surface area contributed by atoms with Crippen molar-refractivity contribution < 1.29 is 14.3 Å². The van der Waals surface area contributed by atoms with E-state index in [4.69, 9.17) is 9.47 Å². The first-order valence-corrected chi connectivity index (χ1v) is 12.8. The van der Waals surface area contributed by atoms with E-state index < -0.39 is 0 Å². The maximum Gasteiger partial charge on any atom is 0.308 e. The number of carbonyl (C=O) groups is 1. The van der Waals surface area contributed by atoms with Gasteiger partial charge >= 0.3 is 5.97 Å². The molecule has 37 heavy (non-hydrogen) atoms. The van der Waals surface area contributed by atoms with E-state index in [1.54, 1.807) is 0 Å². The normalized spacial score (nSPS) is 14.4. The molecular weight excluding hydrogens is 464 g/mol. The van der Waals surface area contributed by atoms with E-state index in [0.717, 1.165) is 22.6 Å². The molecular formula is C30H34N4O3. The summed E-state index contributed by atoms with van der Waals surface area (Å²) in [5.74, 6) is -0.226. The summed E-state index contributed by atoms with van der Waals surface area (Å²) in [6.07, 6.45) is 4.36. The minimum Gasteiger partial charge on any atom is -0.466 e. The van der Waals surface area contributed by atoms with Crippen molar-refractivity contribution in [2.45, 2.75) is 39.8 Å². The van der Waals surface area contributed by atoms with Crippen molar-refractivity contribution in [1.29, 1.82) is 0 Å². The lowest BCUT2D eigenvalue weighted by atomic mass is 10.0. The topological polar surface area (TPSA) is 59.8 Å². The summed E-state index contributed by atoms with van der Waals surface area (Å²) >= 11 is 0. The predicted octanol–water partition coefficient (Wildman–Crippen LogP) is 5.64. The van der Waals surface area contributed by atoms with Gasteiger partial charge in [0, 0.05) is 36.4 Å². The quantitative estimate of drug-likeness (QED) is 0.307. The van der Waals surface area contributed by atoms with E-state index in [9.17, 15) is 4.79 Å². The molecule has 5 rings (SSSR count). The standard InChI is InChI=1S/C30H34N4O3/c1-5-37-29(35)15-26(23-11-7-6-8-12-23)34-20-36-19-33(28-16-31-22(3)14-27(28)34)18-24-17-32(4)25-13-9-10-21(2)30(24)25/h6-14,16-17,26H,5,15,18-20H2,1-4H3/t26-/m1/s1. The fourth-order valence-corrected chi connectivity index (χ4v) is 5.31. The van der Waals surface area contributed by atoms with Crippen LogP contribution < -0.4 is 9.80 Å². The molecule has 0 N–H and O–H groups in total. The molecule has 0 bridgehead atoms. The molecule has 1 aliphatic rings. The lowest BCUT2D eigenvalue weighted by Gasteiger charge is -2.33. The van der Waals surface area contributed by atoms with Crippen LogP contribution in [0.1, 0.15) is 41.8 Å². The molecule has 4 aromatic rings. The van der Waals surface area contributed by atoms with Gasteiger partial charge in [0.25, 0.3) is 0 Å². The minimum absolute atomic E-state index is 0.226. The molecule has 0 amide bonds. The molecule has 0 radical (unpaired) electrons. The van der Waals surface area contributed by atoms with Crippen LogP contribution in [0.4, 0.5) is 11.4 Å². The number of aromatic nitrogens is 2.